The van der Waals surface area contributed by atoms with Crippen molar-refractivity contribution in [1.82, 2.24) is 19.6 Å². The van der Waals surface area contributed by atoms with Crippen LogP contribution in [0, 0.1) is 13.8 Å². The fourth-order valence-electron chi connectivity index (χ4n) is 2.93. The second-order valence-electron chi connectivity index (χ2n) is 6.38. The van der Waals surface area contributed by atoms with Gasteiger partial charge in [-0.3, -0.25) is 9.59 Å². The second kappa shape index (κ2) is 8.91. The molecule has 0 fully saturated rings. The van der Waals surface area contributed by atoms with Crippen molar-refractivity contribution in [1.29, 1.82) is 0 Å². The topological polar surface area (TPSA) is 124 Å². The van der Waals surface area contributed by atoms with E-state index in [1.807, 2.05) is 38.3 Å². The van der Waals surface area contributed by atoms with Crippen LogP contribution in [0.5, 0.6) is 0 Å². The molecule has 2 aromatic heterocycles. The summed E-state index contributed by atoms with van der Waals surface area (Å²) >= 11 is 1.58. The summed E-state index contributed by atoms with van der Waals surface area (Å²) in [6.07, 6.45) is 2.49. The van der Waals surface area contributed by atoms with E-state index in [1.165, 1.54) is 0 Å². The number of carbonyl (C=O) groups excluding carboxylic acids is 2. The van der Waals surface area contributed by atoms with Gasteiger partial charge in [0.2, 0.25) is 5.95 Å². The maximum absolute atomic E-state index is 12.1. The van der Waals surface area contributed by atoms with Crippen LogP contribution < -0.4 is 11.1 Å². The van der Waals surface area contributed by atoms with Gasteiger partial charge in [0.05, 0.1) is 0 Å². The van der Waals surface area contributed by atoms with Crippen LogP contribution in [0.1, 0.15) is 23.4 Å². The van der Waals surface area contributed by atoms with Gasteiger partial charge in [-0.1, -0.05) is 6.07 Å². The molecular weight excluding hydrogens is 392 g/mol. The van der Waals surface area contributed by atoms with E-state index in [2.05, 4.69) is 20.4 Å². The summed E-state index contributed by atoms with van der Waals surface area (Å²) in [6.45, 7) is 3.37. The van der Waals surface area contributed by atoms with E-state index in [1.54, 1.807) is 22.3 Å². The van der Waals surface area contributed by atoms with Crippen molar-refractivity contribution in [2.24, 2.45) is 0 Å². The molecule has 1 amide bonds. The van der Waals surface area contributed by atoms with E-state index in [0.717, 1.165) is 21.8 Å². The minimum absolute atomic E-state index is 0.119. The Morgan fingerprint density at radius 2 is 2.07 bits per heavy atom. The van der Waals surface area contributed by atoms with Crippen LogP contribution in [0.15, 0.2) is 29.2 Å². The lowest BCUT2D eigenvalue weighted by atomic mass is 10.1. The molecule has 0 aliphatic carbocycles. The number of nitrogens with two attached hydrogens (primary N) is 1. The first kappa shape index (κ1) is 20.6. The Hall–Kier alpha value is -3.14. The van der Waals surface area contributed by atoms with Gasteiger partial charge in [-0.25, -0.2) is 4.98 Å². The lowest BCUT2D eigenvalue weighted by molar-refractivity contribution is -0.147. The van der Waals surface area contributed by atoms with Gasteiger partial charge >= 0.3 is 5.97 Å². The summed E-state index contributed by atoms with van der Waals surface area (Å²) in [7, 11) is 0. The van der Waals surface area contributed by atoms with E-state index >= 15 is 0 Å². The van der Waals surface area contributed by atoms with Crippen LogP contribution in [0.2, 0.25) is 0 Å². The van der Waals surface area contributed by atoms with Gasteiger partial charge < -0.3 is 15.8 Å². The molecule has 0 saturated heterocycles. The van der Waals surface area contributed by atoms with E-state index < -0.39 is 5.97 Å². The Bertz CT molecular complexity index is 1070. The molecule has 3 N–H and O–H groups in total. The highest BCUT2D eigenvalue weighted by molar-refractivity contribution is 7.98. The number of nitrogens with one attached hydrogen (secondary N) is 1. The third kappa shape index (κ3) is 5.02. The quantitative estimate of drug-likeness (QED) is 0.445. The minimum atomic E-state index is -0.463. The molecule has 0 aliphatic heterocycles. The zero-order chi connectivity index (χ0) is 21.0. The second-order valence-corrected chi connectivity index (χ2v) is 7.26. The van der Waals surface area contributed by atoms with Crippen LogP contribution in [0.25, 0.3) is 5.78 Å². The molecule has 9 nitrogen and oxygen atoms in total. The third-order valence-electron chi connectivity index (χ3n) is 4.36. The maximum atomic E-state index is 12.1. The third-order valence-corrected chi connectivity index (χ3v) is 5.09. The van der Waals surface area contributed by atoms with Crippen molar-refractivity contribution in [3.63, 3.8) is 0 Å². The Kier molecular flexibility index (Phi) is 6.32. The van der Waals surface area contributed by atoms with Gasteiger partial charge in [0.15, 0.2) is 6.61 Å². The number of hydrogen-bond acceptors (Lipinski definition) is 8. The molecule has 0 saturated carbocycles. The van der Waals surface area contributed by atoms with Crippen molar-refractivity contribution in [3.05, 3.63) is 41.2 Å². The Morgan fingerprint density at radius 3 is 2.83 bits per heavy atom. The molecule has 0 aliphatic rings. The number of aromatic nitrogens is 4. The molecule has 1 aromatic carbocycles. The number of aryl methyl sites for hydroxylation is 2. The average molecular weight is 414 g/mol. The molecule has 3 rings (SSSR count). The van der Waals surface area contributed by atoms with Gasteiger partial charge in [0.1, 0.15) is 0 Å². The first-order chi connectivity index (χ1) is 13.9. The number of ether oxygens (including phenoxy) is 1. The number of thioether (sulfide) groups is 1. The van der Waals surface area contributed by atoms with Crippen LogP contribution >= 0.6 is 11.8 Å². The number of esters is 1. The molecule has 0 unspecified atom stereocenters. The number of carbonyl (C=O) groups is 2. The molecule has 0 atom stereocenters. The zero-order valence-corrected chi connectivity index (χ0v) is 17.2. The van der Waals surface area contributed by atoms with Gasteiger partial charge in [0.25, 0.3) is 11.7 Å². The summed E-state index contributed by atoms with van der Waals surface area (Å²) in [5.41, 5.74) is 8.73. The zero-order valence-electron chi connectivity index (χ0n) is 16.4. The van der Waals surface area contributed by atoms with Gasteiger partial charge in [-0.15, -0.1) is 16.9 Å². The first-order valence-electron chi connectivity index (χ1n) is 8.95. The molecule has 29 heavy (non-hydrogen) atoms. The molecule has 152 valence electrons. The molecule has 10 heteroatoms. The first-order valence-corrected chi connectivity index (χ1v) is 10.2. The summed E-state index contributed by atoms with van der Waals surface area (Å²) in [5, 5.41) is 6.82. The lowest BCUT2D eigenvalue weighted by Crippen LogP contribution is -2.21. The normalized spacial score (nSPS) is 10.9. The molecule has 0 radical (unpaired) electrons. The fourth-order valence-corrected chi connectivity index (χ4v) is 3.39. The molecule has 3 aromatic rings. The van der Waals surface area contributed by atoms with Gasteiger partial charge in [0, 0.05) is 28.4 Å². The number of nitrogen functional groups attached to an aromatic ring is 1. The number of amides is 1. The van der Waals surface area contributed by atoms with E-state index in [4.69, 9.17) is 10.5 Å². The smallest absolute Gasteiger partial charge is 0.306 e. The Balaban J connectivity index is 1.53. The monoisotopic (exact) mass is 414 g/mol. The highest BCUT2D eigenvalue weighted by Crippen LogP contribution is 2.19. The van der Waals surface area contributed by atoms with E-state index in [0.29, 0.717) is 17.9 Å². The lowest BCUT2D eigenvalue weighted by Gasteiger charge is -2.10. The van der Waals surface area contributed by atoms with Crippen molar-refractivity contribution >= 4 is 41.1 Å². The number of fused-ring (bicyclic) bond motifs is 1. The number of nitrogens with zero attached hydrogens (tertiary/aromatic N) is 4. The molecule has 0 bridgehead atoms. The van der Waals surface area contributed by atoms with Crippen molar-refractivity contribution in [3.8, 4) is 0 Å². The number of benzene rings is 1. The van der Waals surface area contributed by atoms with Crippen molar-refractivity contribution < 1.29 is 14.3 Å². The molecule has 0 spiro atoms. The van der Waals surface area contributed by atoms with Crippen molar-refractivity contribution in [2.75, 3.05) is 23.9 Å². The summed E-state index contributed by atoms with van der Waals surface area (Å²) in [6, 6.07) is 7.44. The van der Waals surface area contributed by atoms with Crippen LogP contribution in [0.3, 0.4) is 0 Å². The standard InChI is InChI=1S/C19H22N6O3S/c1-11-15(12(2)25-19(21-11)23-18(20)24-25)7-8-17(27)28-10-16(26)22-13-5-4-6-14(9-13)29-3/h4-6,9H,7-8,10H2,1-3H3,(H2,20,24)(H,22,26). The number of rotatable bonds is 7. The highest BCUT2D eigenvalue weighted by Gasteiger charge is 2.15. The van der Waals surface area contributed by atoms with E-state index in [-0.39, 0.29) is 24.9 Å². The number of anilines is 2. The van der Waals surface area contributed by atoms with Crippen molar-refractivity contribution in [2.45, 2.75) is 31.6 Å². The Morgan fingerprint density at radius 1 is 1.28 bits per heavy atom. The van der Waals surface area contributed by atoms with Gasteiger partial charge in [-0.05, 0) is 50.3 Å². The predicted molar refractivity (Wildman–Crippen MR) is 111 cm³/mol. The predicted octanol–water partition coefficient (Wildman–Crippen LogP) is 2.16. The Labute approximate surface area is 172 Å². The largest absolute Gasteiger partial charge is 0.456 e. The van der Waals surface area contributed by atoms with Crippen LogP contribution in [0.4, 0.5) is 11.6 Å². The summed E-state index contributed by atoms with van der Waals surface area (Å²) in [5.74, 6) is -0.281. The number of hydrogen-bond donors (Lipinski definition) is 2. The summed E-state index contributed by atoms with van der Waals surface area (Å²) < 4.78 is 6.65. The van der Waals surface area contributed by atoms with Crippen LogP contribution in [-0.4, -0.2) is 44.3 Å². The average Bonchev–Trinajstić information content (AvgIpc) is 3.06. The van der Waals surface area contributed by atoms with Gasteiger partial charge in [-0.2, -0.15) is 9.50 Å². The minimum Gasteiger partial charge on any atom is -0.456 e. The maximum Gasteiger partial charge on any atom is 0.306 e. The van der Waals surface area contributed by atoms with Crippen LogP contribution in [-0.2, 0) is 20.7 Å². The molecular formula is C19H22N6O3S. The van der Waals surface area contributed by atoms with E-state index in [9.17, 15) is 9.59 Å². The highest BCUT2D eigenvalue weighted by atomic mass is 32.2. The molecule has 2 heterocycles. The fraction of sp³-hybridized carbons (Fsp3) is 0.316. The summed E-state index contributed by atoms with van der Waals surface area (Å²) in [4.78, 5) is 33.5. The SMILES string of the molecule is CSc1cccc(NC(=O)COC(=O)CCc2c(C)nc3nc(N)nn3c2C)c1.